The minimum absolute atomic E-state index is 0.114. The molecule has 0 saturated heterocycles. The van der Waals surface area contributed by atoms with Crippen molar-refractivity contribution in [3.8, 4) is 33.4 Å². The van der Waals surface area contributed by atoms with Crippen LogP contribution in [0, 0.1) is 0 Å². The molecular formula is C56H47N. The van der Waals surface area contributed by atoms with E-state index in [1.807, 2.05) is 0 Å². The third-order valence-corrected chi connectivity index (χ3v) is 14.1. The van der Waals surface area contributed by atoms with Gasteiger partial charge in [-0.2, -0.15) is 0 Å². The van der Waals surface area contributed by atoms with Crippen LogP contribution in [-0.2, 0) is 16.2 Å². The first-order valence-electron chi connectivity index (χ1n) is 20.7. The summed E-state index contributed by atoms with van der Waals surface area (Å²) in [5.74, 6) is 0. The molecule has 1 atom stereocenters. The third-order valence-electron chi connectivity index (χ3n) is 14.1. The summed E-state index contributed by atoms with van der Waals surface area (Å²) in [5.41, 5.74) is 23.6. The maximum Gasteiger partial charge on any atom is 0.0540 e. The summed E-state index contributed by atoms with van der Waals surface area (Å²) in [7, 11) is 0. The Hall–Kier alpha value is -6.18. The Morgan fingerprint density at radius 1 is 0.439 bits per heavy atom. The van der Waals surface area contributed by atoms with E-state index in [4.69, 9.17) is 0 Å². The fraction of sp³-hybridized carbons (Fsp3) is 0.179. The predicted octanol–water partition coefficient (Wildman–Crippen LogP) is 14.9. The van der Waals surface area contributed by atoms with Gasteiger partial charge in [0.2, 0.25) is 0 Å². The smallest absolute Gasteiger partial charge is 0.0540 e. The third kappa shape index (κ3) is 4.75. The van der Waals surface area contributed by atoms with Crippen LogP contribution in [0.3, 0.4) is 0 Å². The first-order chi connectivity index (χ1) is 27.7. The Morgan fingerprint density at radius 2 is 0.965 bits per heavy atom. The molecule has 11 rings (SSSR count). The molecule has 0 saturated carbocycles. The number of hydrogen-bond acceptors (Lipinski definition) is 1. The van der Waals surface area contributed by atoms with E-state index < -0.39 is 0 Å². The Labute approximate surface area is 337 Å². The SMILES string of the molecule is CC1(C)c2ccccc2-c2ccc(N(c3ccc4c(c3)C(C)(C)c3ccccc3-4)c3ccccc3-c3ccc4c(c3)C(C)(c3ccccc3)C3=C4C=CCC3)cc21. The van der Waals surface area contributed by atoms with Crippen molar-refractivity contribution in [1.82, 2.24) is 0 Å². The summed E-state index contributed by atoms with van der Waals surface area (Å²) in [4.78, 5) is 2.53. The Kier molecular flexibility index (Phi) is 7.27. The largest absolute Gasteiger partial charge is 0.310 e. The van der Waals surface area contributed by atoms with Crippen molar-refractivity contribution < 1.29 is 0 Å². The number of hydrogen-bond donors (Lipinski definition) is 0. The van der Waals surface area contributed by atoms with Crippen molar-refractivity contribution >= 4 is 22.6 Å². The molecule has 0 N–H and O–H groups in total. The molecule has 0 fully saturated rings. The van der Waals surface area contributed by atoms with Crippen molar-refractivity contribution in [2.24, 2.45) is 0 Å². The molecule has 0 spiro atoms. The maximum atomic E-state index is 2.53. The van der Waals surface area contributed by atoms with Gasteiger partial charge < -0.3 is 4.90 Å². The van der Waals surface area contributed by atoms with Gasteiger partial charge >= 0.3 is 0 Å². The van der Waals surface area contributed by atoms with Crippen LogP contribution in [0.25, 0.3) is 39.0 Å². The van der Waals surface area contributed by atoms with Crippen molar-refractivity contribution in [2.75, 3.05) is 4.90 Å². The molecule has 4 aliphatic rings. The number of para-hydroxylation sites is 1. The summed E-state index contributed by atoms with van der Waals surface area (Å²) >= 11 is 0. The first kappa shape index (κ1) is 34.1. The van der Waals surface area contributed by atoms with Crippen LogP contribution in [0.1, 0.15) is 86.4 Å². The number of anilines is 3. The second-order valence-corrected chi connectivity index (χ2v) is 17.7. The van der Waals surface area contributed by atoms with E-state index in [0.29, 0.717) is 0 Å². The number of fused-ring (bicyclic) bond motifs is 8. The molecule has 4 aliphatic carbocycles. The van der Waals surface area contributed by atoms with Crippen LogP contribution in [0.5, 0.6) is 0 Å². The topological polar surface area (TPSA) is 3.24 Å². The van der Waals surface area contributed by atoms with Gasteiger partial charge in [-0.25, -0.2) is 0 Å². The standard InChI is InChI=1S/C56H47N/c1-54(2)47-23-13-9-20-41(47)44-31-28-38(34-50(44)54)57(39-29-32-45-42-21-10-14-24-48(42)55(3,4)51(45)35-39)53-26-16-12-19-40(53)36-27-30-46-43-22-11-15-25-49(43)56(5,52(46)33-36)37-17-7-6-8-18-37/h6-14,16-24,26-35H,15,25H2,1-5H3. The molecular weight excluding hydrogens is 687 g/mol. The van der Waals surface area contributed by atoms with Gasteiger partial charge in [0.1, 0.15) is 0 Å². The van der Waals surface area contributed by atoms with Gasteiger partial charge in [0.15, 0.2) is 0 Å². The highest BCUT2D eigenvalue weighted by Crippen LogP contribution is 2.56. The van der Waals surface area contributed by atoms with E-state index in [1.165, 1.54) is 95.0 Å². The molecule has 57 heavy (non-hydrogen) atoms. The van der Waals surface area contributed by atoms with Crippen molar-refractivity contribution in [3.05, 3.63) is 214 Å². The average molecular weight is 734 g/mol. The van der Waals surface area contributed by atoms with Gasteiger partial charge in [-0.1, -0.05) is 161 Å². The number of allylic oxidation sites excluding steroid dienone is 4. The van der Waals surface area contributed by atoms with E-state index in [-0.39, 0.29) is 16.2 Å². The lowest BCUT2D eigenvalue weighted by Gasteiger charge is -2.32. The molecule has 1 heteroatoms. The molecule has 7 aromatic carbocycles. The molecule has 0 amide bonds. The minimum Gasteiger partial charge on any atom is -0.310 e. The zero-order valence-corrected chi connectivity index (χ0v) is 33.5. The van der Waals surface area contributed by atoms with E-state index in [0.717, 1.165) is 12.8 Å². The van der Waals surface area contributed by atoms with Gasteiger partial charge in [-0.15, -0.1) is 0 Å². The quantitative estimate of drug-likeness (QED) is 0.170. The van der Waals surface area contributed by atoms with Crippen LogP contribution in [-0.4, -0.2) is 0 Å². The van der Waals surface area contributed by atoms with Gasteiger partial charge in [-0.05, 0) is 134 Å². The zero-order valence-electron chi connectivity index (χ0n) is 33.5. The molecule has 1 unspecified atom stereocenters. The highest BCUT2D eigenvalue weighted by Gasteiger charge is 2.43. The highest BCUT2D eigenvalue weighted by molar-refractivity contribution is 5.95. The van der Waals surface area contributed by atoms with E-state index in [1.54, 1.807) is 5.57 Å². The van der Waals surface area contributed by atoms with E-state index in [2.05, 4.69) is 209 Å². The van der Waals surface area contributed by atoms with Gasteiger partial charge in [0.05, 0.1) is 5.69 Å². The highest BCUT2D eigenvalue weighted by atomic mass is 15.1. The van der Waals surface area contributed by atoms with E-state index in [9.17, 15) is 0 Å². The summed E-state index contributed by atoms with van der Waals surface area (Å²) in [6, 6.07) is 59.8. The van der Waals surface area contributed by atoms with Crippen LogP contribution >= 0.6 is 0 Å². The monoisotopic (exact) mass is 733 g/mol. The zero-order chi connectivity index (χ0) is 38.7. The summed E-state index contributed by atoms with van der Waals surface area (Å²) < 4.78 is 0. The molecule has 0 aliphatic heterocycles. The Morgan fingerprint density at radius 3 is 1.60 bits per heavy atom. The van der Waals surface area contributed by atoms with Crippen LogP contribution < -0.4 is 4.90 Å². The van der Waals surface area contributed by atoms with Crippen LogP contribution in [0.4, 0.5) is 17.1 Å². The molecule has 0 bridgehead atoms. The van der Waals surface area contributed by atoms with Gasteiger partial charge in [0.25, 0.3) is 0 Å². The van der Waals surface area contributed by atoms with Crippen molar-refractivity contribution in [3.63, 3.8) is 0 Å². The minimum atomic E-state index is -0.192. The Balaban J connectivity index is 1.12. The van der Waals surface area contributed by atoms with Crippen molar-refractivity contribution in [1.29, 1.82) is 0 Å². The lowest BCUT2D eigenvalue weighted by Crippen LogP contribution is -2.24. The molecule has 0 aromatic heterocycles. The van der Waals surface area contributed by atoms with Crippen molar-refractivity contribution in [2.45, 2.75) is 63.7 Å². The lowest BCUT2D eigenvalue weighted by molar-refractivity contribution is 0.652. The average Bonchev–Trinajstić information content (AvgIpc) is 3.75. The first-order valence-corrected chi connectivity index (χ1v) is 20.7. The normalized spacial score (nSPS) is 18.7. The van der Waals surface area contributed by atoms with Crippen LogP contribution in [0.2, 0.25) is 0 Å². The van der Waals surface area contributed by atoms with Crippen LogP contribution in [0.15, 0.2) is 175 Å². The molecule has 1 nitrogen and oxygen atoms in total. The maximum absolute atomic E-state index is 2.53. The fourth-order valence-corrected chi connectivity index (χ4v) is 11.1. The van der Waals surface area contributed by atoms with Gasteiger partial charge in [-0.3, -0.25) is 0 Å². The second-order valence-electron chi connectivity index (χ2n) is 17.7. The lowest BCUT2D eigenvalue weighted by atomic mass is 9.71. The van der Waals surface area contributed by atoms with Gasteiger partial charge in [0, 0.05) is 33.2 Å². The molecule has 276 valence electrons. The molecule has 0 radical (unpaired) electrons. The molecule has 7 aromatic rings. The summed E-state index contributed by atoms with van der Waals surface area (Å²) in [6.07, 6.45) is 6.91. The predicted molar refractivity (Wildman–Crippen MR) is 240 cm³/mol. The second kappa shape index (κ2) is 12.2. The number of rotatable bonds is 5. The summed E-state index contributed by atoms with van der Waals surface area (Å²) in [5, 5.41) is 0. The number of nitrogens with zero attached hydrogens (tertiary/aromatic N) is 1. The summed E-state index contributed by atoms with van der Waals surface area (Å²) in [6.45, 7) is 12.0. The number of benzene rings is 7. The molecule has 0 heterocycles. The Bertz CT molecular complexity index is 2760. The fourth-order valence-electron chi connectivity index (χ4n) is 11.1. The van der Waals surface area contributed by atoms with E-state index >= 15 is 0 Å².